The van der Waals surface area contributed by atoms with Crippen molar-refractivity contribution in [2.24, 2.45) is 0 Å². The van der Waals surface area contributed by atoms with Gasteiger partial charge in [-0.05, 0) is 25.3 Å². The van der Waals surface area contributed by atoms with Gasteiger partial charge < -0.3 is 14.9 Å². The van der Waals surface area contributed by atoms with Crippen LogP contribution in [0, 0.1) is 0 Å². The number of aliphatic carboxylic acids is 1. The van der Waals surface area contributed by atoms with E-state index in [0.717, 1.165) is 30.7 Å². The van der Waals surface area contributed by atoms with Crippen molar-refractivity contribution in [1.82, 2.24) is 15.5 Å². The Balaban J connectivity index is 1.95. The third kappa shape index (κ3) is 3.33. The minimum Gasteiger partial charge on any atom is -0.481 e. The third-order valence-corrected chi connectivity index (χ3v) is 3.89. The number of carboxylic acid groups (broad SMARTS) is 1. The average Bonchev–Trinajstić information content (AvgIpc) is 3.29. The molecule has 0 aromatic carbocycles. The van der Waals surface area contributed by atoms with Gasteiger partial charge in [0.05, 0.1) is 23.1 Å². The first-order chi connectivity index (χ1) is 11.1. The Labute approximate surface area is 133 Å². The zero-order valence-corrected chi connectivity index (χ0v) is 13.0. The summed E-state index contributed by atoms with van der Waals surface area (Å²) in [6.07, 6.45) is 3.60. The lowest BCUT2D eigenvalue weighted by Crippen LogP contribution is -2.26. The Morgan fingerprint density at radius 2 is 2.22 bits per heavy atom. The summed E-state index contributed by atoms with van der Waals surface area (Å²) >= 11 is 0. The maximum Gasteiger partial charge on any atom is 0.305 e. The molecule has 7 heteroatoms. The first-order valence-corrected chi connectivity index (χ1v) is 7.89. The first kappa shape index (κ1) is 15.5. The van der Waals surface area contributed by atoms with Crippen LogP contribution in [0.15, 0.2) is 10.6 Å². The van der Waals surface area contributed by atoms with Gasteiger partial charge in [0.25, 0.3) is 11.6 Å². The van der Waals surface area contributed by atoms with Crippen LogP contribution in [0.4, 0.5) is 0 Å². The molecule has 1 fully saturated rings. The van der Waals surface area contributed by atoms with E-state index in [9.17, 15) is 9.59 Å². The quantitative estimate of drug-likeness (QED) is 0.811. The molecule has 1 amide bonds. The highest BCUT2D eigenvalue weighted by Gasteiger charge is 2.29. The topological polar surface area (TPSA) is 105 Å². The number of hydrogen-bond donors (Lipinski definition) is 2. The number of fused-ring (bicyclic) bond motifs is 1. The van der Waals surface area contributed by atoms with Gasteiger partial charge in [-0.2, -0.15) is 0 Å². The van der Waals surface area contributed by atoms with Gasteiger partial charge in [0, 0.05) is 18.2 Å². The summed E-state index contributed by atoms with van der Waals surface area (Å²) < 4.78 is 5.32. The van der Waals surface area contributed by atoms with E-state index >= 15 is 0 Å². The van der Waals surface area contributed by atoms with Crippen LogP contribution in [0.2, 0.25) is 0 Å². The fraction of sp³-hybridized carbons (Fsp3) is 0.500. The molecule has 0 bridgehead atoms. The summed E-state index contributed by atoms with van der Waals surface area (Å²) in [6, 6.07) is 1.80. The highest BCUT2D eigenvalue weighted by Crippen LogP contribution is 2.40. The van der Waals surface area contributed by atoms with Gasteiger partial charge in [-0.25, -0.2) is 4.98 Å². The number of carboxylic acids is 1. The van der Waals surface area contributed by atoms with E-state index < -0.39 is 5.97 Å². The van der Waals surface area contributed by atoms with Crippen molar-refractivity contribution in [1.29, 1.82) is 0 Å². The zero-order chi connectivity index (χ0) is 16.4. The third-order valence-electron chi connectivity index (χ3n) is 3.89. The molecule has 2 aromatic rings. The number of hydrogen-bond acceptors (Lipinski definition) is 5. The summed E-state index contributed by atoms with van der Waals surface area (Å²) in [5.74, 6) is -0.869. The van der Waals surface area contributed by atoms with Crippen molar-refractivity contribution < 1.29 is 19.2 Å². The molecule has 2 aromatic heterocycles. The smallest absolute Gasteiger partial charge is 0.305 e. The lowest BCUT2D eigenvalue weighted by molar-refractivity contribution is -0.136. The molecule has 1 aliphatic rings. The molecule has 0 saturated heterocycles. The van der Waals surface area contributed by atoms with E-state index in [-0.39, 0.29) is 18.9 Å². The van der Waals surface area contributed by atoms with Gasteiger partial charge in [0.15, 0.2) is 0 Å². The Kier molecular flexibility index (Phi) is 4.27. The van der Waals surface area contributed by atoms with Gasteiger partial charge in [0.2, 0.25) is 0 Å². The Morgan fingerprint density at radius 1 is 1.43 bits per heavy atom. The number of nitrogens with one attached hydrogen (secondary N) is 1. The molecule has 3 rings (SSSR count). The normalized spacial score (nSPS) is 14.1. The second-order valence-corrected chi connectivity index (χ2v) is 5.83. The molecular formula is C16H19N3O4. The lowest BCUT2D eigenvalue weighted by atomic mass is 10.0. The molecule has 2 heterocycles. The fourth-order valence-corrected chi connectivity index (χ4v) is 2.58. The Bertz CT molecular complexity index is 749. The number of nitrogens with zero attached hydrogens (tertiary/aromatic N) is 2. The molecule has 0 atom stereocenters. The SMILES string of the molecule is CCCc1noc2nc(C3CC3)cc(C(=O)NCCC(=O)O)c12. The maximum absolute atomic E-state index is 12.5. The first-order valence-electron chi connectivity index (χ1n) is 7.89. The Hall–Kier alpha value is -2.44. The lowest BCUT2D eigenvalue weighted by Gasteiger charge is -2.07. The minimum absolute atomic E-state index is 0.0884. The predicted octanol–water partition coefficient (Wildman–Crippen LogP) is 2.26. The second kappa shape index (κ2) is 6.36. The molecule has 1 saturated carbocycles. The van der Waals surface area contributed by atoms with Crippen LogP contribution < -0.4 is 5.32 Å². The van der Waals surface area contributed by atoms with Crippen molar-refractivity contribution in [3.05, 3.63) is 23.0 Å². The van der Waals surface area contributed by atoms with Crippen LogP contribution in [-0.2, 0) is 11.2 Å². The molecule has 1 aliphatic carbocycles. The van der Waals surface area contributed by atoms with Crippen LogP contribution in [0.5, 0.6) is 0 Å². The zero-order valence-electron chi connectivity index (χ0n) is 13.0. The van der Waals surface area contributed by atoms with E-state index in [4.69, 9.17) is 9.63 Å². The van der Waals surface area contributed by atoms with E-state index in [0.29, 0.717) is 29.0 Å². The summed E-state index contributed by atoms with van der Waals surface area (Å²) in [7, 11) is 0. The van der Waals surface area contributed by atoms with Crippen LogP contribution in [0.1, 0.15) is 60.3 Å². The molecule has 0 aliphatic heterocycles. The molecule has 2 N–H and O–H groups in total. The minimum atomic E-state index is -0.944. The van der Waals surface area contributed by atoms with E-state index in [1.807, 2.05) is 6.92 Å². The second-order valence-electron chi connectivity index (χ2n) is 5.83. The molecule has 0 unspecified atom stereocenters. The van der Waals surface area contributed by atoms with Crippen LogP contribution in [0.3, 0.4) is 0 Å². The van der Waals surface area contributed by atoms with Crippen molar-refractivity contribution in [3.63, 3.8) is 0 Å². The summed E-state index contributed by atoms with van der Waals surface area (Å²) in [5, 5.41) is 16.0. The standard InChI is InChI=1S/C16H19N3O4/c1-2-3-11-14-10(15(22)17-7-6-13(20)21)8-12(9-4-5-9)18-16(14)23-19-11/h8-9H,2-7H2,1H3,(H,17,22)(H,20,21). The van der Waals surface area contributed by atoms with Gasteiger partial charge in [-0.1, -0.05) is 18.5 Å². The number of amides is 1. The van der Waals surface area contributed by atoms with Crippen molar-refractivity contribution in [3.8, 4) is 0 Å². The maximum atomic E-state index is 12.5. The molecular weight excluding hydrogens is 298 g/mol. The van der Waals surface area contributed by atoms with Crippen molar-refractivity contribution >= 4 is 23.0 Å². The highest BCUT2D eigenvalue weighted by atomic mass is 16.5. The van der Waals surface area contributed by atoms with Crippen molar-refractivity contribution in [2.75, 3.05) is 6.54 Å². The number of rotatable bonds is 7. The van der Waals surface area contributed by atoms with Crippen LogP contribution in [0.25, 0.3) is 11.1 Å². The largest absolute Gasteiger partial charge is 0.481 e. The van der Waals surface area contributed by atoms with Crippen LogP contribution >= 0.6 is 0 Å². The summed E-state index contributed by atoms with van der Waals surface area (Å²) in [4.78, 5) is 27.6. The van der Waals surface area contributed by atoms with E-state index in [1.54, 1.807) is 6.07 Å². The van der Waals surface area contributed by atoms with E-state index in [2.05, 4.69) is 15.5 Å². The fourth-order valence-electron chi connectivity index (χ4n) is 2.58. The summed E-state index contributed by atoms with van der Waals surface area (Å²) in [5.41, 5.74) is 2.44. The monoisotopic (exact) mass is 317 g/mol. The molecule has 23 heavy (non-hydrogen) atoms. The molecule has 7 nitrogen and oxygen atoms in total. The van der Waals surface area contributed by atoms with Crippen LogP contribution in [-0.4, -0.2) is 33.7 Å². The number of aromatic nitrogens is 2. The van der Waals surface area contributed by atoms with Gasteiger partial charge in [-0.3, -0.25) is 9.59 Å². The Morgan fingerprint density at radius 3 is 2.87 bits per heavy atom. The molecule has 0 radical (unpaired) electrons. The van der Waals surface area contributed by atoms with Crippen molar-refractivity contribution in [2.45, 2.75) is 44.9 Å². The number of aryl methyl sites for hydroxylation is 1. The van der Waals surface area contributed by atoms with E-state index in [1.165, 1.54) is 0 Å². The predicted molar refractivity (Wildman–Crippen MR) is 82.4 cm³/mol. The highest BCUT2D eigenvalue weighted by molar-refractivity contribution is 6.06. The molecule has 0 spiro atoms. The average molecular weight is 317 g/mol. The number of carbonyl (C=O) groups excluding carboxylic acids is 1. The van der Waals surface area contributed by atoms with Gasteiger partial charge in [-0.15, -0.1) is 0 Å². The van der Waals surface area contributed by atoms with Gasteiger partial charge in [0.1, 0.15) is 0 Å². The summed E-state index contributed by atoms with van der Waals surface area (Å²) in [6.45, 7) is 2.12. The number of pyridine rings is 1. The molecule has 122 valence electrons. The number of carbonyl (C=O) groups is 2. The van der Waals surface area contributed by atoms with Gasteiger partial charge >= 0.3 is 5.97 Å².